The van der Waals surface area contributed by atoms with Gasteiger partial charge >= 0.3 is 5.97 Å². The van der Waals surface area contributed by atoms with E-state index in [-0.39, 0.29) is 0 Å². The van der Waals surface area contributed by atoms with Crippen molar-refractivity contribution in [2.45, 2.75) is 26.2 Å². The van der Waals surface area contributed by atoms with Gasteiger partial charge in [0, 0.05) is 10.9 Å². The van der Waals surface area contributed by atoms with Crippen LogP contribution in [0.2, 0.25) is 0 Å². The van der Waals surface area contributed by atoms with Crippen LogP contribution in [-0.2, 0) is 4.79 Å². The van der Waals surface area contributed by atoms with Crippen LogP contribution in [0.4, 0.5) is 0 Å². The number of furan rings is 1. The SMILES string of the molecule is CCC(C(=O)O)c1c(C)oc2ccccc12. The van der Waals surface area contributed by atoms with E-state index in [4.69, 9.17) is 4.42 Å². The topological polar surface area (TPSA) is 50.4 Å². The Morgan fingerprint density at radius 2 is 2.12 bits per heavy atom. The Hall–Kier alpha value is -1.77. The number of fused-ring (bicyclic) bond motifs is 1. The van der Waals surface area contributed by atoms with Crippen molar-refractivity contribution in [1.29, 1.82) is 0 Å². The summed E-state index contributed by atoms with van der Waals surface area (Å²) in [6, 6.07) is 7.55. The van der Waals surface area contributed by atoms with Crippen LogP contribution < -0.4 is 0 Å². The molecule has 0 saturated heterocycles. The molecular weight excluding hydrogens is 204 g/mol. The van der Waals surface area contributed by atoms with E-state index >= 15 is 0 Å². The minimum atomic E-state index is -0.794. The fourth-order valence-electron chi connectivity index (χ4n) is 2.12. The van der Waals surface area contributed by atoms with E-state index in [0.29, 0.717) is 12.2 Å². The van der Waals surface area contributed by atoms with E-state index in [9.17, 15) is 9.90 Å². The second kappa shape index (κ2) is 4.00. The molecule has 0 spiro atoms. The summed E-state index contributed by atoms with van der Waals surface area (Å²) in [6.07, 6.45) is 0.569. The highest BCUT2D eigenvalue weighted by molar-refractivity contribution is 5.89. The summed E-state index contributed by atoms with van der Waals surface area (Å²) in [5, 5.41) is 10.1. The second-order valence-corrected chi connectivity index (χ2v) is 3.87. The van der Waals surface area contributed by atoms with Gasteiger partial charge in [-0.1, -0.05) is 25.1 Å². The summed E-state index contributed by atoms with van der Waals surface area (Å²) >= 11 is 0. The van der Waals surface area contributed by atoms with Crippen molar-refractivity contribution in [1.82, 2.24) is 0 Å². The Kier molecular flexibility index (Phi) is 2.69. The largest absolute Gasteiger partial charge is 0.481 e. The molecule has 3 heteroatoms. The zero-order valence-corrected chi connectivity index (χ0v) is 9.36. The van der Waals surface area contributed by atoms with Crippen LogP contribution in [0, 0.1) is 6.92 Å². The molecule has 0 fully saturated rings. The molecule has 0 saturated carbocycles. The highest BCUT2D eigenvalue weighted by Crippen LogP contribution is 2.33. The Morgan fingerprint density at radius 3 is 2.75 bits per heavy atom. The molecular formula is C13H14O3. The lowest BCUT2D eigenvalue weighted by molar-refractivity contribution is -0.138. The number of para-hydroxylation sites is 1. The maximum absolute atomic E-state index is 11.2. The van der Waals surface area contributed by atoms with Gasteiger partial charge in [0.05, 0.1) is 5.92 Å². The number of hydrogen-bond acceptors (Lipinski definition) is 2. The molecule has 1 aromatic carbocycles. The van der Waals surface area contributed by atoms with E-state index in [2.05, 4.69) is 0 Å². The first-order valence-corrected chi connectivity index (χ1v) is 5.36. The molecule has 0 aliphatic carbocycles. The smallest absolute Gasteiger partial charge is 0.311 e. The monoisotopic (exact) mass is 218 g/mol. The highest BCUT2D eigenvalue weighted by Gasteiger charge is 2.24. The number of carboxylic acids is 1. The van der Waals surface area contributed by atoms with Gasteiger partial charge in [0.2, 0.25) is 0 Å². The Labute approximate surface area is 93.7 Å². The minimum Gasteiger partial charge on any atom is -0.481 e. The number of aryl methyl sites for hydroxylation is 1. The Balaban J connectivity index is 2.66. The molecule has 1 N–H and O–H groups in total. The molecule has 1 heterocycles. The van der Waals surface area contributed by atoms with Crippen LogP contribution in [0.3, 0.4) is 0 Å². The van der Waals surface area contributed by atoms with Gasteiger partial charge in [-0.3, -0.25) is 4.79 Å². The molecule has 0 aliphatic heterocycles. The normalized spacial score (nSPS) is 12.9. The average Bonchev–Trinajstić information content (AvgIpc) is 2.57. The van der Waals surface area contributed by atoms with Gasteiger partial charge in [0.15, 0.2) is 0 Å². The first-order chi connectivity index (χ1) is 7.65. The van der Waals surface area contributed by atoms with E-state index in [0.717, 1.165) is 16.5 Å². The lowest BCUT2D eigenvalue weighted by Crippen LogP contribution is -2.10. The van der Waals surface area contributed by atoms with Gasteiger partial charge in [-0.2, -0.15) is 0 Å². The van der Waals surface area contributed by atoms with Crippen LogP contribution in [0.25, 0.3) is 11.0 Å². The molecule has 0 amide bonds. The maximum Gasteiger partial charge on any atom is 0.311 e. The van der Waals surface area contributed by atoms with E-state index in [1.165, 1.54) is 0 Å². The highest BCUT2D eigenvalue weighted by atomic mass is 16.4. The molecule has 84 valence electrons. The van der Waals surface area contributed by atoms with Crippen LogP contribution in [0.15, 0.2) is 28.7 Å². The second-order valence-electron chi connectivity index (χ2n) is 3.87. The third-order valence-corrected chi connectivity index (χ3v) is 2.87. The quantitative estimate of drug-likeness (QED) is 0.859. The van der Waals surface area contributed by atoms with Crippen LogP contribution in [0.5, 0.6) is 0 Å². The molecule has 0 radical (unpaired) electrons. The first-order valence-electron chi connectivity index (χ1n) is 5.36. The van der Waals surface area contributed by atoms with Crippen LogP contribution in [-0.4, -0.2) is 11.1 Å². The number of carboxylic acid groups (broad SMARTS) is 1. The van der Waals surface area contributed by atoms with Crippen molar-refractivity contribution in [3.63, 3.8) is 0 Å². The van der Waals surface area contributed by atoms with Gasteiger partial charge in [0.1, 0.15) is 11.3 Å². The minimum absolute atomic E-state index is 0.483. The third-order valence-electron chi connectivity index (χ3n) is 2.87. The van der Waals surface area contributed by atoms with Crippen molar-refractivity contribution in [3.8, 4) is 0 Å². The number of benzene rings is 1. The molecule has 2 aromatic rings. The van der Waals surface area contributed by atoms with E-state index in [1.54, 1.807) is 0 Å². The average molecular weight is 218 g/mol. The number of rotatable bonds is 3. The summed E-state index contributed by atoms with van der Waals surface area (Å²) in [7, 11) is 0. The number of aliphatic carboxylic acids is 1. The number of carbonyl (C=O) groups is 1. The van der Waals surface area contributed by atoms with Crippen LogP contribution in [0.1, 0.15) is 30.6 Å². The zero-order chi connectivity index (χ0) is 11.7. The predicted octanol–water partition coefficient (Wildman–Crippen LogP) is 3.32. The Morgan fingerprint density at radius 1 is 1.44 bits per heavy atom. The molecule has 2 rings (SSSR count). The predicted molar refractivity (Wildman–Crippen MR) is 61.6 cm³/mol. The zero-order valence-electron chi connectivity index (χ0n) is 9.36. The van der Waals surface area contributed by atoms with Gasteiger partial charge in [-0.15, -0.1) is 0 Å². The molecule has 1 unspecified atom stereocenters. The van der Waals surface area contributed by atoms with E-state index < -0.39 is 11.9 Å². The van der Waals surface area contributed by atoms with Gasteiger partial charge in [-0.05, 0) is 19.4 Å². The van der Waals surface area contributed by atoms with Crippen molar-refractivity contribution in [2.24, 2.45) is 0 Å². The lowest BCUT2D eigenvalue weighted by atomic mass is 9.94. The van der Waals surface area contributed by atoms with Crippen molar-refractivity contribution in [2.75, 3.05) is 0 Å². The third kappa shape index (κ3) is 1.58. The standard InChI is InChI=1S/C13H14O3/c1-3-9(13(14)15)12-8(2)16-11-7-5-4-6-10(11)12/h4-7,9H,3H2,1-2H3,(H,14,15). The summed E-state index contributed by atoms with van der Waals surface area (Å²) in [4.78, 5) is 11.2. The molecule has 1 aromatic heterocycles. The first kappa shape index (κ1) is 10.7. The fraction of sp³-hybridized carbons (Fsp3) is 0.308. The summed E-state index contributed by atoms with van der Waals surface area (Å²) in [6.45, 7) is 3.70. The lowest BCUT2D eigenvalue weighted by Gasteiger charge is -2.08. The van der Waals surface area contributed by atoms with Crippen molar-refractivity contribution in [3.05, 3.63) is 35.6 Å². The van der Waals surface area contributed by atoms with Crippen molar-refractivity contribution < 1.29 is 14.3 Å². The van der Waals surface area contributed by atoms with Gasteiger partial charge < -0.3 is 9.52 Å². The number of hydrogen-bond donors (Lipinski definition) is 1. The van der Waals surface area contributed by atoms with Gasteiger partial charge in [-0.25, -0.2) is 0 Å². The Bertz CT molecular complexity index is 525. The molecule has 0 bridgehead atoms. The summed E-state index contributed by atoms with van der Waals surface area (Å²) in [5.41, 5.74) is 1.57. The summed E-state index contributed by atoms with van der Waals surface area (Å²) < 4.78 is 5.57. The molecule has 16 heavy (non-hydrogen) atoms. The maximum atomic E-state index is 11.2. The molecule has 1 atom stereocenters. The van der Waals surface area contributed by atoms with Crippen molar-refractivity contribution >= 4 is 16.9 Å². The van der Waals surface area contributed by atoms with E-state index in [1.807, 2.05) is 38.1 Å². The fourth-order valence-corrected chi connectivity index (χ4v) is 2.12. The molecule has 3 nitrogen and oxygen atoms in total. The summed E-state index contributed by atoms with van der Waals surface area (Å²) in [5.74, 6) is -0.573. The van der Waals surface area contributed by atoms with Gasteiger partial charge in [0.25, 0.3) is 0 Å². The molecule has 0 aliphatic rings. The van der Waals surface area contributed by atoms with Crippen LogP contribution >= 0.6 is 0 Å².